The molecule has 6 nitrogen and oxygen atoms in total. The maximum absolute atomic E-state index is 12.2. The van der Waals surface area contributed by atoms with Crippen LogP contribution >= 0.6 is 27.7 Å². The topological polar surface area (TPSA) is 66.2 Å². The zero-order valence-electron chi connectivity index (χ0n) is 16.6. The van der Waals surface area contributed by atoms with Gasteiger partial charge in [0, 0.05) is 16.6 Å². The number of rotatable bonds is 8. The van der Waals surface area contributed by atoms with Crippen LogP contribution in [0.3, 0.4) is 0 Å². The normalized spacial score (nSPS) is 16.1. The van der Waals surface area contributed by atoms with Gasteiger partial charge in [0.05, 0.1) is 11.9 Å². The van der Waals surface area contributed by atoms with E-state index in [-0.39, 0.29) is 17.6 Å². The molecule has 1 fully saturated rings. The molecule has 156 valence electrons. The van der Waals surface area contributed by atoms with Crippen LogP contribution in [0, 0.1) is 0 Å². The third kappa shape index (κ3) is 4.87. The number of carbonyl (C=O) groups excluding carboxylic acids is 1. The third-order valence-electron chi connectivity index (χ3n) is 4.78. The van der Waals surface area contributed by atoms with E-state index in [1.54, 1.807) is 0 Å². The molecule has 30 heavy (non-hydrogen) atoms. The van der Waals surface area contributed by atoms with Gasteiger partial charge in [0.2, 0.25) is 0 Å². The van der Waals surface area contributed by atoms with E-state index in [9.17, 15) is 4.79 Å². The van der Waals surface area contributed by atoms with Gasteiger partial charge in [0.25, 0.3) is 0 Å². The molecule has 0 aliphatic heterocycles. The first kappa shape index (κ1) is 20.9. The van der Waals surface area contributed by atoms with Crippen molar-refractivity contribution in [2.75, 3.05) is 6.61 Å². The van der Waals surface area contributed by atoms with Crippen LogP contribution in [0.4, 0.5) is 0 Å². The minimum Gasteiger partial charge on any atom is -0.494 e. The van der Waals surface area contributed by atoms with Gasteiger partial charge in [-0.15, -0.1) is 10.2 Å². The lowest BCUT2D eigenvalue weighted by atomic mass is 10.3. The second kappa shape index (κ2) is 9.66. The van der Waals surface area contributed by atoms with Crippen LogP contribution in [-0.4, -0.2) is 32.4 Å². The summed E-state index contributed by atoms with van der Waals surface area (Å²) in [5.74, 6) is 2.52. The number of nitrogens with zero attached hydrogens (tertiary/aromatic N) is 3. The zero-order valence-corrected chi connectivity index (χ0v) is 19.0. The van der Waals surface area contributed by atoms with Crippen molar-refractivity contribution in [2.24, 2.45) is 0 Å². The van der Waals surface area contributed by atoms with Crippen molar-refractivity contribution in [3.8, 4) is 17.2 Å². The Morgan fingerprint density at radius 3 is 2.43 bits per heavy atom. The maximum Gasteiger partial charge on any atom is 0.196 e. The SMILES string of the molecule is CCOc1ccc(-n2c(COc3ccc(Br)cc3)nnc2SC2CCCC2=O)cc1. The molecular weight excluding hydrogens is 466 g/mol. The Kier molecular flexibility index (Phi) is 6.74. The number of benzene rings is 2. The third-order valence-corrected chi connectivity index (χ3v) is 6.57. The fourth-order valence-corrected chi connectivity index (χ4v) is 4.76. The lowest BCUT2D eigenvalue weighted by Gasteiger charge is -2.13. The van der Waals surface area contributed by atoms with Crippen LogP contribution in [0.25, 0.3) is 5.69 Å². The van der Waals surface area contributed by atoms with Crippen molar-refractivity contribution < 1.29 is 14.3 Å². The number of Topliss-reactive ketones (excluding diaryl/α,β-unsaturated/α-hetero) is 1. The molecule has 0 radical (unpaired) electrons. The Morgan fingerprint density at radius 1 is 1.07 bits per heavy atom. The summed E-state index contributed by atoms with van der Waals surface area (Å²) < 4.78 is 14.4. The number of hydrogen-bond donors (Lipinski definition) is 0. The van der Waals surface area contributed by atoms with E-state index in [4.69, 9.17) is 9.47 Å². The van der Waals surface area contributed by atoms with Crippen molar-refractivity contribution in [2.45, 2.75) is 43.2 Å². The Morgan fingerprint density at radius 2 is 1.77 bits per heavy atom. The highest BCUT2D eigenvalue weighted by atomic mass is 79.9. The summed E-state index contributed by atoms with van der Waals surface area (Å²) in [6, 6.07) is 15.4. The van der Waals surface area contributed by atoms with E-state index < -0.39 is 0 Å². The molecule has 0 N–H and O–H groups in total. The Balaban J connectivity index is 1.61. The van der Waals surface area contributed by atoms with Gasteiger partial charge in [0.1, 0.15) is 23.9 Å². The lowest BCUT2D eigenvalue weighted by molar-refractivity contribution is -0.116. The smallest absolute Gasteiger partial charge is 0.196 e. The largest absolute Gasteiger partial charge is 0.494 e. The van der Waals surface area contributed by atoms with E-state index >= 15 is 0 Å². The first-order chi connectivity index (χ1) is 14.6. The van der Waals surface area contributed by atoms with Crippen molar-refractivity contribution >= 4 is 33.5 Å². The molecule has 3 aromatic rings. The molecular formula is C22H22BrN3O3S. The molecule has 1 aliphatic rings. The molecule has 1 heterocycles. The fraction of sp³-hybridized carbons (Fsp3) is 0.318. The number of halogens is 1. The number of carbonyl (C=O) groups is 1. The number of thioether (sulfide) groups is 1. The summed E-state index contributed by atoms with van der Waals surface area (Å²) in [6.45, 7) is 2.84. The van der Waals surface area contributed by atoms with Gasteiger partial charge in [-0.2, -0.15) is 0 Å². The highest BCUT2D eigenvalue weighted by Gasteiger charge is 2.28. The molecule has 1 aromatic heterocycles. The highest BCUT2D eigenvalue weighted by molar-refractivity contribution is 9.10. The molecule has 1 aliphatic carbocycles. The summed E-state index contributed by atoms with van der Waals surface area (Å²) in [5.41, 5.74) is 0.908. The molecule has 2 aromatic carbocycles. The van der Waals surface area contributed by atoms with Gasteiger partial charge in [0.15, 0.2) is 11.0 Å². The van der Waals surface area contributed by atoms with E-state index in [2.05, 4.69) is 26.1 Å². The second-order valence-electron chi connectivity index (χ2n) is 6.87. The zero-order chi connectivity index (χ0) is 20.9. The van der Waals surface area contributed by atoms with E-state index in [1.807, 2.05) is 60.0 Å². The van der Waals surface area contributed by atoms with Gasteiger partial charge >= 0.3 is 0 Å². The Hall–Kier alpha value is -2.32. The monoisotopic (exact) mass is 487 g/mol. The fourth-order valence-electron chi connectivity index (χ4n) is 3.30. The van der Waals surface area contributed by atoms with E-state index in [0.29, 0.717) is 24.0 Å². The summed E-state index contributed by atoms with van der Waals surface area (Å²) in [4.78, 5) is 12.2. The van der Waals surface area contributed by atoms with Crippen LogP contribution in [0.2, 0.25) is 0 Å². The molecule has 1 saturated carbocycles. The van der Waals surface area contributed by atoms with Crippen LogP contribution in [0.1, 0.15) is 32.0 Å². The Bertz CT molecular complexity index is 1010. The van der Waals surface area contributed by atoms with Crippen LogP contribution in [-0.2, 0) is 11.4 Å². The molecule has 8 heteroatoms. The van der Waals surface area contributed by atoms with Gasteiger partial charge < -0.3 is 9.47 Å². The molecule has 1 unspecified atom stereocenters. The lowest BCUT2D eigenvalue weighted by Crippen LogP contribution is -2.11. The second-order valence-corrected chi connectivity index (χ2v) is 8.95. The minimum atomic E-state index is -0.0594. The molecule has 0 saturated heterocycles. The number of hydrogen-bond acceptors (Lipinski definition) is 6. The summed E-state index contributed by atoms with van der Waals surface area (Å²) >= 11 is 4.91. The summed E-state index contributed by atoms with van der Waals surface area (Å²) in [5, 5.41) is 9.39. The van der Waals surface area contributed by atoms with Crippen LogP contribution in [0.5, 0.6) is 11.5 Å². The van der Waals surface area contributed by atoms with Gasteiger partial charge in [-0.3, -0.25) is 9.36 Å². The van der Waals surface area contributed by atoms with Crippen LogP contribution in [0.15, 0.2) is 58.2 Å². The van der Waals surface area contributed by atoms with Crippen molar-refractivity contribution in [3.63, 3.8) is 0 Å². The standard InChI is InChI=1S/C22H22BrN3O3S/c1-2-28-17-12-8-16(9-13-17)26-21(14-29-18-10-6-15(23)7-11-18)24-25-22(26)30-20-5-3-4-19(20)27/h6-13,20H,2-5,14H2,1H3. The van der Waals surface area contributed by atoms with Crippen molar-refractivity contribution in [3.05, 3.63) is 58.8 Å². The number of ketones is 1. The van der Waals surface area contributed by atoms with Crippen molar-refractivity contribution in [1.82, 2.24) is 14.8 Å². The first-order valence-corrected chi connectivity index (χ1v) is 11.6. The van der Waals surface area contributed by atoms with Crippen molar-refractivity contribution in [1.29, 1.82) is 0 Å². The summed E-state index contributed by atoms with van der Waals surface area (Å²) in [6.07, 6.45) is 2.46. The predicted molar refractivity (Wildman–Crippen MR) is 120 cm³/mol. The maximum atomic E-state index is 12.2. The number of aromatic nitrogens is 3. The van der Waals surface area contributed by atoms with E-state index in [1.165, 1.54) is 11.8 Å². The van der Waals surface area contributed by atoms with Gasteiger partial charge in [-0.1, -0.05) is 27.7 Å². The van der Waals surface area contributed by atoms with Gasteiger partial charge in [-0.25, -0.2) is 0 Å². The molecule has 0 bridgehead atoms. The first-order valence-electron chi connectivity index (χ1n) is 9.89. The molecule has 1 atom stereocenters. The molecule has 0 spiro atoms. The van der Waals surface area contributed by atoms with E-state index in [0.717, 1.165) is 34.5 Å². The predicted octanol–water partition coefficient (Wildman–Crippen LogP) is 5.22. The molecule has 0 amide bonds. The number of ether oxygens (including phenoxy) is 2. The highest BCUT2D eigenvalue weighted by Crippen LogP contribution is 2.33. The van der Waals surface area contributed by atoms with Gasteiger partial charge in [-0.05, 0) is 68.3 Å². The Labute approximate surface area is 188 Å². The molecule has 4 rings (SSSR count). The quantitative estimate of drug-likeness (QED) is 0.433. The summed E-state index contributed by atoms with van der Waals surface area (Å²) in [7, 11) is 0. The average molecular weight is 488 g/mol. The average Bonchev–Trinajstić information content (AvgIpc) is 3.35. The van der Waals surface area contributed by atoms with Crippen LogP contribution < -0.4 is 9.47 Å². The minimum absolute atomic E-state index is 0.0594.